The average molecular weight is 476 g/mol. The molecule has 0 radical (unpaired) electrons. The number of nitrogens with one attached hydrogen (secondary N) is 2. The van der Waals surface area contributed by atoms with E-state index in [1.165, 1.54) is 35.8 Å². The number of hydrogen-bond acceptors (Lipinski definition) is 6. The van der Waals surface area contributed by atoms with Crippen LogP contribution in [-0.4, -0.2) is 30.5 Å². The van der Waals surface area contributed by atoms with E-state index in [1.807, 2.05) is 0 Å². The molecular weight excluding hydrogens is 461 g/mol. The molecule has 10 heteroatoms. The highest BCUT2D eigenvalue weighted by molar-refractivity contribution is 7.12. The van der Waals surface area contributed by atoms with Crippen molar-refractivity contribution in [2.45, 2.75) is 0 Å². The van der Waals surface area contributed by atoms with Gasteiger partial charge in [-0.2, -0.15) is 5.10 Å². The highest BCUT2D eigenvalue weighted by Crippen LogP contribution is 2.22. The molecule has 0 unspecified atom stereocenters. The molecule has 0 aliphatic heterocycles. The van der Waals surface area contributed by atoms with E-state index in [9.17, 15) is 14.4 Å². The van der Waals surface area contributed by atoms with Crippen molar-refractivity contribution >= 4 is 58.5 Å². The lowest BCUT2D eigenvalue weighted by Gasteiger charge is -2.05. The minimum absolute atomic E-state index is 0.246. The first-order valence-electron chi connectivity index (χ1n) is 8.83. The molecule has 0 fully saturated rings. The van der Waals surface area contributed by atoms with Gasteiger partial charge in [0.1, 0.15) is 10.6 Å². The van der Waals surface area contributed by atoms with Crippen molar-refractivity contribution in [1.82, 2.24) is 10.7 Å². The first-order valence-corrected chi connectivity index (χ1v) is 10.5. The predicted molar refractivity (Wildman–Crippen MR) is 120 cm³/mol. The number of ether oxygens (including phenoxy) is 1. The summed E-state index contributed by atoms with van der Waals surface area (Å²) < 4.78 is 5.26. The Balaban J connectivity index is 1.44. The lowest BCUT2D eigenvalue weighted by molar-refractivity contribution is -0.120. The Labute approximate surface area is 191 Å². The lowest BCUT2D eigenvalue weighted by Crippen LogP contribution is -2.34. The van der Waals surface area contributed by atoms with Gasteiger partial charge in [0.15, 0.2) is 0 Å². The van der Waals surface area contributed by atoms with Crippen molar-refractivity contribution in [1.29, 1.82) is 0 Å². The summed E-state index contributed by atoms with van der Waals surface area (Å²) in [5.41, 5.74) is 3.27. The molecule has 0 saturated heterocycles. The quantitative estimate of drug-likeness (QED) is 0.232. The van der Waals surface area contributed by atoms with Crippen LogP contribution in [-0.2, 0) is 4.79 Å². The number of rotatable bonds is 7. The third-order valence-corrected chi connectivity index (χ3v) is 5.40. The summed E-state index contributed by atoms with van der Waals surface area (Å²) in [7, 11) is 0. The Hall–Kier alpha value is -3.20. The van der Waals surface area contributed by atoms with Gasteiger partial charge < -0.3 is 10.1 Å². The third-order valence-electron chi connectivity index (χ3n) is 3.81. The molecule has 0 bridgehead atoms. The SMILES string of the molecule is O=C(CNC(=O)c1ccc(Cl)c(Cl)c1)N/N=C/c1ccc(OC(=O)c2cccs2)cc1. The number of benzene rings is 2. The minimum atomic E-state index is -0.508. The number of carbonyl (C=O) groups excluding carboxylic acids is 3. The highest BCUT2D eigenvalue weighted by atomic mass is 35.5. The molecule has 3 rings (SSSR count). The lowest BCUT2D eigenvalue weighted by atomic mass is 10.2. The van der Waals surface area contributed by atoms with Crippen molar-refractivity contribution < 1.29 is 19.1 Å². The van der Waals surface area contributed by atoms with E-state index >= 15 is 0 Å². The monoisotopic (exact) mass is 475 g/mol. The molecule has 1 aromatic heterocycles. The highest BCUT2D eigenvalue weighted by Gasteiger charge is 2.10. The predicted octanol–water partition coefficient (Wildman–Crippen LogP) is 4.15. The fourth-order valence-electron chi connectivity index (χ4n) is 2.29. The van der Waals surface area contributed by atoms with Gasteiger partial charge in [-0.15, -0.1) is 11.3 Å². The molecular formula is C21H15Cl2N3O4S. The summed E-state index contributed by atoms with van der Waals surface area (Å²) in [6.45, 7) is -0.270. The van der Waals surface area contributed by atoms with Crippen LogP contribution in [0.15, 0.2) is 65.1 Å². The Morgan fingerprint density at radius 2 is 1.81 bits per heavy atom. The van der Waals surface area contributed by atoms with Crippen LogP contribution in [0.5, 0.6) is 5.75 Å². The van der Waals surface area contributed by atoms with Crippen molar-refractivity contribution in [3.05, 3.63) is 86.0 Å². The Morgan fingerprint density at radius 3 is 2.48 bits per heavy atom. The van der Waals surface area contributed by atoms with Crippen molar-refractivity contribution in [3.8, 4) is 5.75 Å². The van der Waals surface area contributed by atoms with Gasteiger partial charge in [0.2, 0.25) is 0 Å². The number of nitrogens with zero attached hydrogens (tertiary/aromatic N) is 1. The number of amides is 2. The molecule has 2 N–H and O–H groups in total. The van der Waals surface area contributed by atoms with Gasteiger partial charge in [0.25, 0.3) is 11.8 Å². The largest absolute Gasteiger partial charge is 0.422 e. The molecule has 0 aliphatic carbocycles. The van der Waals surface area contributed by atoms with Crippen LogP contribution in [0.25, 0.3) is 0 Å². The Bertz CT molecular complexity index is 1120. The van der Waals surface area contributed by atoms with Crippen molar-refractivity contribution in [3.63, 3.8) is 0 Å². The second-order valence-electron chi connectivity index (χ2n) is 6.04. The smallest absolute Gasteiger partial charge is 0.353 e. The van der Waals surface area contributed by atoms with Crippen LogP contribution in [0, 0.1) is 0 Å². The van der Waals surface area contributed by atoms with Gasteiger partial charge in [-0.3, -0.25) is 9.59 Å². The van der Waals surface area contributed by atoms with Crippen LogP contribution in [0.1, 0.15) is 25.6 Å². The zero-order chi connectivity index (χ0) is 22.2. The summed E-state index contributed by atoms with van der Waals surface area (Å²) in [6, 6.07) is 14.5. The number of hydrazone groups is 1. The standard InChI is InChI=1S/C21H15Cl2N3O4S/c22-16-8-5-14(10-17(16)23)20(28)24-12-19(27)26-25-11-13-3-6-15(7-4-13)30-21(29)18-2-1-9-31-18/h1-11H,12H2,(H,24,28)(H,26,27)/b25-11+. The van der Waals surface area contributed by atoms with Crippen molar-refractivity contribution in [2.24, 2.45) is 5.10 Å². The van der Waals surface area contributed by atoms with E-state index in [4.69, 9.17) is 27.9 Å². The molecule has 7 nitrogen and oxygen atoms in total. The second kappa shape index (κ2) is 10.7. The number of esters is 1. The van der Waals surface area contributed by atoms with Crippen LogP contribution in [0.3, 0.4) is 0 Å². The summed E-state index contributed by atoms with van der Waals surface area (Å²) >= 11 is 13.0. The zero-order valence-corrected chi connectivity index (χ0v) is 18.1. The number of thiophene rings is 1. The maximum Gasteiger partial charge on any atom is 0.353 e. The summed E-state index contributed by atoms with van der Waals surface area (Å²) in [4.78, 5) is 36.3. The van der Waals surface area contributed by atoms with E-state index in [2.05, 4.69) is 15.8 Å². The molecule has 0 spiro atoms. The third kappa shape index (κ3) is 6.65. The minimum Gasteiger partial charge on any atom is -0.422 e. The molecule has 1 heterocycles. The van der Waals surface area contributed by atoms with Crippen LogP contribution >= 0.6 is 34.5 Å². The number of hydrogen-bond donors (Lipinski definition) is 2. The maximum atomic E-state index is 12.0. The number of carbonyl (C=O) groups is 3. The molecule has 2 amide bonds. The molecule has 3 aromatic rings. The molecule has 0 atom stereocenters. The zero-order valence-electron chi connectivity index (χ0n) is 15.8. The van der Waals surface area contributed by atoms with E-state index in [0.29, 0.717) is 21.2 Å². The van der Waals surface area contributed by atoms with Gasteiger partial charge in [0, 0.05) is 5.56 Å². The van der Waals surface area contributed by atoms with Crippen LogP contribution in [0.2, 0.25) is 10.0 Å². The molecule has 158 valence electrons. The maximum absolute atomic E-state index is 12.0. The summed E-state index contributed by atoms with van der Waals surface area (Å²) in [6.07, 6.45) is 1.42. The molecule has 31 heavy (non-hydrogen) atoms. The van der Waals surface area contributed by atoms with Gasteiger partial charge >= 0.3 is 5.97 Å². The molecule has 0 saturated carbocycles. The Morgan fingerprint density at radius 1 is 1.03 bits per heavy atom. The van der Waals surface area contributed by atoms with Crippen LogP contribution in [0.4, 0.5) is 0 Å². The fraction of sp³-hybridized carbons (Fsp3) is 0.0476. The number of halogens is 2. The topological polar surface area (TPSA) is 96.9 Å². The van der Waals surface area contributed by atoms with Gasteiger partial charge in [-0.25, -0.2) is 10.2 Å². The molecule has 0 aliphatic rings. The second-order valence-corrected chi connectivity index (χ2v) is 7.80. The average Bonchev–Trinajstić information content (AvgIpc) is 3.30. The first-order chi connectivity index (χ1) is 14.9. The summed E-state index contributed by atoms with van der Waals surface area (Å²) in [5.74, 6) is -1.01. The van der Waals surface area contributed by atoms with E-state index in [0.717, 1.165) is 0 Å². The van der Waals surface area contributed by atoms with E-state index in [-0.39, 0.29) is 17.1 Å². The summed E-state index contributed by atoms with van der Waals surface area (Å²) in [5, 5.41) is 8.66. The normalized spacial score (nSPS) is 10.6. The van der Waals surface area contributed by atoms with Gasteiger partial charge in [0.05, 0.1) is 22.8 Å². The van der Waals surface area contributed by atoms with Gasteiger partial charge in [-0.1, -0.05) is 29.3 Å². The van der Waals surface area contributed by atoms with E-state index in [1.54, 1.807) is 41.8 Å². The van der Waals surface area contributed by atoms with Gasteiger partial charge in [-0.05, 0) is 59.5 Å². The van der Waals surface area contributed by atoms with Crippen LogP contribution < -0.4 is 15.5 Å². The Kier molecular flexibility index (Phi) is 7.77. The van der Waals surface area contributed by atoms with Crippen molar-refractivity contribution in [2.75, 3.05) is 6.54 Å². The van der Waals surface area contributed by atoms with E-state index < -0.39 is 17.8 Å². The molecule has 2 aromatic carbocycles. The first kappa shape index (κ1) is 22.5. The fourth-order valence-corrected chi connectivity index (χ4v) is 3.19.